The van der Waals surface area contributed by atoms with Gasteiger partial charge in [-0.1, -0.05) is 43.3 Å². The van der Waals surface area contributed by atoms with Gasteiger partial charge in [0.1, 0.15) is 0 Å². The fourth-order valence-electron chi connectivity index (χ4n) is 2.76. The fourth-order valence-corrected chi connectivity index (χ4v) is 2.76. The number of hydrogen-bond donors (Lipinski definition) is 0. The molecule has 0 saturated heterocycles. The van der Waals surface area contributed by atoms with Crippen molar-refractivity contribution in [3.63, 3.8) is 0 Å². The summed E-state index contributed by atoms with van der Waals surface area (Å²) in [7, 11) is 0. The second-order valence-electron chi connectivity index (χ2n) is 4.78. The summed E-state index contributed by atoms with van der Waals surface area (Å²) in [6, 6.07) is 13.3. The maximum atomic E-state index is 2.39. The predicted octanol–water partition coefficient (Wildman–Crippen LogP) is 3.92. The summed E-state index contributed by atoms with van der Waals surface area (Å²) in [4.78, 5) is 0. The molecule has 0 heteroatoms. The quantitative estimate of drug-likeness (QED) is 0.599. The minimum absolute atomic E-state index is 0.864. The van der Waals surface area contributed by atoms with E-state index in [1.54, 1.807) is 11.1 Å². The summed E-state index contributed by atoms with van der Waals surface area (Å²) < 4.78 is 0. The molecular formula is C15H16. The van der Waals surface area contributed by atoms with Crippen LogP contribution >= 0.6 is 0 Å². The van der Waals surface area contributed by atoms with Crippen molar-refractivity contribution in [2.24, 2.45) is 5.92 Å². The van der Waals surface area contributed by atoms with Gasteiger partial charge in [-0.2, -0.15) is 0 Å². The Hall–Kier alpha value is -1.30. The number of fused-ring (bicyclic) bond motifs is 3. The number of rotatable bonds is 0. The first-order valence-corrected chi connectivity index (χ1v) is 5.84. The summed E-state index contributed by atoms with van der Waals surface area (Å²) in [5.41, 5.74) is 6.09. The highest BCUT2D eigenvalue weighted by molar-refractivity contribution is 5.73. The SMILES string of the molecule is CC1CCc2c(cc3cccccc2-3)C1. The van der Waals surface area contributed by atoms with E-state index in [-0.39, 0.29) is 0 Å². The summed E-state index contributed by atoms with van der Waals surface area (Å²) in [6.45, 7) is 2.36. The van der Waals surface area contributed by atoms with Gasteiger partial charge in [-0.25, -0.2) is 0 Å². The average Bonchev–Trinajstić information content (AvgIpc) is 2.42. The van der Waals surface area contributed by atoms with E-state index in [9.17, 15) is 0 Å². The molecule has 0 fully saturated rings. The Morgan fingerprint density at radius 3 is 2.93 bits per heavy atom. The third-order valence-corrected chi connectivity index (χ3v) is 3.57. The van der Waals surface area contributed by atoms with Gasteiger partial charge in [0.2, 0.25) is 0 Å². The molecule has 0 N–H and O–H groups in total. The lowest BCUT2D eigenvalue weighted by atomic mass is 9.87. The molecule has 3 aliphatic carbocycles. The standard InChI is InChI=1S/C15H16/c1-11-7-8-15-13(9-11)10-12-5-3-2-4-6-14(12)15/h2-6,10-11H,7-9H2,1H3. The van der Waals surface area contributed by atoms with Crippen molar-refractivity contribution < 1.29 is 0 Å². The lowest BCUT2D eigenvalue weighted by Crippen LogP contribution is -2.08. The van der Waals surface area contributed by atoms with E-state index in [1.165, 1.54) is 30.4 Å². The third-order valence-electron chi connectivity index (χ3n) is 3.57. The molecule has 0 aromatic carbocycles. The van der Waals surface area contributed by atoms with Crippen LogP contribution in [0.3, 0.4) is 0 Å². The van der Waals surface area contributed by atoms with Crippen LogP contribution in [0.4, 0.5) is 0 Å². The molecule has 3 aliphatic rings. The Balaban J connectivity index is 2.20. The van der Waals surface area contributed by atoms with E-state index in [1.807, 2.05) is 0 Å². The summed E-state index contributed by atoms with van der Waals surface area (Å²) in [5.74, 6) is 0.864. The van der Waals surface area contributed by atoms with Crippen LogP contribution in [0.15, 0.2) is 36.4 Å². The molecule has 0 amide bonds. The Kier molecular flexibility index (Phi) is 2.02. The average molecular weight is 196 g/mol. The van der Waals surface area contributed by atoms with Gasteiger partial charge >= 0.3 is 0 Å². The second-order valence-corrected chi connectivity index (χ2v) is 4.78. The molecule has 0 aromatic rings. The van der Waals surface area contributed by atoms with E-state index in [0.29, 0.717) is 0 Å². The van der Waals surface area contributed by atoms with E-state index in [2.05, 4.69) is 43.3 Å². The van der Waals surface area contributed by atoms with Gasteiger partial charge in [0, 0.05) is 0 Å². The second kappa shape index (κ2) is 3.37. The molecule has 0 bridgehead atoms. The van der Waals surface area contributed by atoms with E-state index < -0.39 is 0 Å². The summed E-state index contributed by atoms with van der Waals surface area (Å²) in [5, 5.41) is 0. The van der Waals surface area contributed by atoms with Gasteiger partial charge in [-0.05, 0) is 47.4 Å². The molecular weight excluding hydrogens is 180 g/mol. The van der Waals surface area contributed by atoms with E-state index >= 15 is 0 Å². The first-order chi connectivity index (χ1) is 7.34. The zero-order chi connectivity index (χ0) is 10.3. The van der Waals surface area contributed by atoms with Gasteiger partial charge in [-0.15, -0.1) is 0 Å². The zero-order valence-corrected chi connectivity index (χ0v) is 9.16. The highest BCUT2D eigenvalue weighted by atomic mass is 14.3. The van der Waals surface area contributed by atoms with Crippen LogP contribution < -0.4 is 0 Å². The molecule has 3 rings (SSSR count). The lowest BCUT2D eigenvalue weighted by Gasteiger charge is -2.18. The minimum atomic E-state index is 0.864. The van der Waals surface area contributed by atoms with Crippen molar-refractivity contribution in [3.05, 3.63) is 47.5 Å². The topological polar surface area (TPSA) is 0 Å². The van der Waals surface area contributed by atoms with Crippen molar-refractivity contribution in [3.8, 4) is 11.1 Å². The first-order valence-electron chi connectivity index (χ1n) is 5.84. The lowest BCUT2D eigenvalue weighted by molar-refractivity contribution is 0.504. The third kappa shape index (κ3) is 1.45. The largest absolute Gasteiger partial charge is 0.0622 e. The summed E-state index contributed by atoms with van der Waals surface area (Å²) in [6.07, 6.45) is 3.89. The zero-order valence-electron chi connectivity index (χ0n) is 9.16. The molecule has 0 heterocycles. The van der Waals surface area contributed by atoms with Crippen LogP contribution in [0, 0.1) is 5.92 Å². The summed E-state index contributed by atoms with van der Waals surface area (Å²) >= 11 is 0. The molecule has 0 spiro atoms. The van der Waals surface area contributed by atoms with Gasteiger partial charge in [0.25, 0.3) is 0 Å². The molecule has 1 atom stereocenters. The van der Waals surface area contributed by atoms with Crippen molar-refractivity contribution in [2.75, 3.05) is 0 Å². The maximum absolute atomic E-state index is 2.39. The van der Waals surface area contributed by atoms with Crippen molar-refractivity contribution >= 4 is 0 Å². The van der Waals surface area contributed by atoms with Crippen molar-refractivity contribution in [1.29, 1.82) is 0 Å². The molecule has 15 heavy (non-hydrogen) atoms. The Bertz CT molecular complexity index is 456. The molecule has 0 radical (unpaired) electrons. The normalized spacial score (nSPS) is 20.2. The van der Waals surface area contributed by atoms with Crippen LogP contribution in [0.1, 0.15) is 24.5 Å². The molecule has 0 saturated carbocycles. The highest BCUT2D eigenvalue weighted by Gasteiger charge is 2.20. The first kappa shape index (κ1) is 8.96. The van der Waals surface area contributed by atoms with Crippen LogP contribution in [0.5, 0.6) is 0 Å². The molecule has 1 unspecified atom stereocenters. The minimum Gasteiger partial charge on any atom is -0.0622 e. The molecule has 0 nitrogen and oxygen atoms in total. The van der Waals surface area contributed by atoms with E-state index in [0.717, 1.165) is 5.92 Å². The molecule has 0 aromatic heterocycles. The van der Waals surface area contributed by atoms with Gasteiger partial charge in [0.05, 0.1) is 0 Å². The van der Waals surface area contributed by atoms with Crippen LogP contribution in [0.25, 0.3) is 11.1 Å². The smallest absolute Gasteiger partial charge is 0.0149 e. The van der Waals surface area contributed by atoms with Crippen molar-refractivity contribution in [2.45, 2.75) is 26.2 Å². The number of hydrogen-bond acceptors (Lipinski definition) is 0. The van der Waals surface area contributed by atoms with Gasteiger partial charge in [0.15, 0.2) is 0 Å². The maximum Gasteiger partial charge on any atom is -0.0149 e. The van der Waals surface area contributed by atoms with Crippen molar-refractivity contribution in [1.82, 2.24) is 0 Å². The molecule has 0 aliphatic heterocycles. The monoisotopic (exact) mass is 196 g/mol. The van der Waals surface area contributed by atoms with Crippen LogP contribution in [-0.4, -0.2) is 0 Å². The van der Waals surface area contributed by atoms with Crippen LogP contribution in [-0.2, 0) is 12.8 Å². The Morgan fingerprint density at radius 2 is 2.00 bits per heavy atom. The predicted molar refractivity (Wildman–Crippen MR) is 64.3 cm³/mol. The van der Waals surface area contributed by atoms with E-state index in [4.69, 9.17) is 0 Å². The van der Waals surface area contributed by atoms with Gasteiger partial charge in [-0.3, -0.25) is 0 Å². The molecule has 76 valence electrons. The van der Waals surface area contributed by atoms with Gasteiger partial charge < -0.3 is 0 Å². The Labute approximate surface area is 91.3 Å². The Morgan fingerprint density at radius 1 is 1.13 bits per heavy atom. The fraction of sp³-hybridized carbons (Fsp3) is 0.333. The highest BCUT2D eigenvalue weighted by Crippen LogP contribution is 2.37. The van der Waals surface area contributed by atoms with Crippen LogP contribution in [0.2, 0.25) is 0 Å².